The first-order valence-corrected chi connectivity index (χ1v) is 9.17. The topological polar surface area (TPSA) is 93.1 Å². The number of rotatable bonds is 2. The van der Waals surface area contributed by atoms with Crippen LogP contribution in [-0.2, 0) is 19.1 Å². The van der Waals surface area contributed by atoms with E-state index in [9.17, 15) is 19.8 Å². The molecule has 2 aliphatic carbocycles. The van der Waals surface area contributed by atoms with Crippen molar-refractivity contribution >= 4 is 11.9 Å². The van der Waals surface area contributed by atoms with Crippen molar-refractivity contribution in [2.45, 2.75) is 70.9 Å². The van der Waals surface area contributed by atoms with Crippen LogP contribution in [0, 0.1) is 17.3 Å². The number of fused-ring (bicyclic) bond motifs is 2. The molecule has 0 spiro atoms. The third-order valence-corrected chi connectivity index (χ3v) is 6.71. The molecule has 2 N–H and O–H groups in total. The minimum atomic E-state index is -1.14. The third kappa shape index (κ3) is 2.70. The van der Waals surface area contributed by atoms with Gasteiger partial charge >= 0.3 is 11.9 Å². The Bertz CT molecular complexity index is 678. The number of hydrogen-bond acceptors (Lipinski definition) is 6. The number of carbonyl (C=O) groups excluding carboxylic acids is 2. The van der Waals surface area contributed by atoms with Gasteiger partial charge in [-0.05, 0) is 40.0 Å². The Labute approximate surface area is 153 Å². The Kier molecular flexibility index (Phi) is 4.56. The standard InChI is InChI=1S/C20H28O6/c1-6-10(2)17(22)26-15-14-11(3)18(23)25-12(14)9-19(4)13(21)7-8-20(5,24)16(15)19/h6,12-16,21,24H,3,7-9H2,1-2,4-5H3/b10-6+/t12-,13+,14+,15-,16?,19-,20?/m0/s1. The molecule has 3 rings (SSSR count). The maximum atomic E-state index is 12.5. The average Bonchev–Trinajstić information content (AvgIpc) is 2.84. The predicted molar refractivity (Wildman–Crippen MR) is 93.9 cm³/mol. The Morgan fingerprint density at radius 3 is 2.69 bits per heavy atom. The van der Waals surface area contributed by atoms with E-state index >= 15 is 0 Å². The van der Waals surface area contributed by atoms with E-state index in [-0.39, 0.29) is 5.57 Å². The van der Waals surface area contributed by atoms with Crippen LogP contribution in [0.2, 0.25) is 0 Å². The molecule has 3 aliphatic rings. The minimum Gasteiger partial charge on any atom is -0.458 e. The van der Waals surface area contributed by atoms with Gasteiger partial charge in [-0.3, -0.25) is 0 Å². The summed E-state index contributed by atoms with van der Waals surface area (Å²) in [7, 11) is 0. The van der Waals surface area contributed by atoms with Gasteiger partial charge in [-0.25, -0.2) is 9.59 Å². The van der Waals surface area contributed by atoms with Gasteiger partial charge in [0.05, 0.1) is 17.6 Å². The Hall–Kier alpha value is -1.66. The highest BCUT2D eigenvalue weighted by molar-refractivity contribution is 5.91. The van der Waals surface area contributed by atoms with E-state index in [2.05, 4.69) is 6.58 Å². The van der Waals surface area contributed by atoms with E-state index in [0.29, 0.717) is 24.8 Å². The molecular formula is C20H28O6. The molecular weight excluding hydrogens is 336 g/mol. The Morgan fingerprint density at radius 1 is 1.42 bits per heavy atom. The minimum absolute atomic E-state index is 0.267. The van der Waals surface area contributed by atoms with Crippen molar-refractivity contribution in [1.82, 2.24) is 0 Å². The van der Waals surface area contributed by atoms with Crippen LogP contribution < -0.4 is 0 Å². The maximum Gasteiger partial charge on any atom is 0.334 e. The van der Waals surface area contributed by atoms with E-state index in [1.54, 1.807) is 26.8 Å². The van der Waals surface area contributed by atoms with E-state index in [1.807, 2.05) is 6.92 Å². The SMILES string of the molecule is C=C1C(=O)O[C@H]2C[C@]3(C)C([C@@H](OC(=O)/C(C)=C/C)[C@H]12)C(C)(O)CC[C@H]3O. The van der Waals surface area contributed by atoms with Crippen LogP contribution in [0.4, 0.5) is 0 Å². The van der Waals surface area contributed by atoms with Crippen LogP contribution >= 0.6 is 0 Å². The van der Waals surface area contributed by atoms with Gasteiger partial charge in [0.15, 0.2) is 0 Å². The van der Waals surface area contributed by atoms with Crippen molar-refractivity contribution in [3.05, 3.63) is 23.8 Å². The van der Waals surface area contributed by atoms with Gasteiger partial charge in [0.2, 0.25) is 0 Å². The van der Waals surface area contributed by atoms with Crippen molar-refractivity contribution in [3.8, 4) is 0 Å². The number of allylic oxidation sites excluding steroid dienone is 1. The van der Waals surface area contributed by atoms with Crippen molar-refractivity contribution in [3.63, 3.8) is 0 Å². The Morgan fingerprint density at radius 2 is 2.08 bits per heavy atom. The number of aliphatic hydroxyl groups is 2. The molecule has 1 saturated heterocycles. The van der Waals surface area contributed by atoms with Gasteiger partial charge < -0.3 is 19.7 Å². The number of aliphatic hydroxyl groups excluding tert-OH is 1. The Balaban J connectivity index is 2.08. The molecule has 6 heteroatoms. The molecule has 1 heterocycles. The molecule has 3 fully saturated rings. The molecule has 1 aliphatic heterocycles. The summed E-state index contributed by atoms with van der Waals surface area (Å²) >= 11 is 0. The monoisotopic (exact) mass is 364 g/mol. The quantitative estimate of drug-likeness (QED) is 0.574. The molecule has 0 aromatic carbocycles. The zero-order chi connectivity index (χ0) is 19.4. The van der Waals surface area contributed by atoms with Crippen molar-refractivity contribution in [2.24, 2.45) is 17.3 Å². The first kappa shape index (κ1) is 19.1. The number of esters is 2. The van der Waals surface area contributed by atoms with E-state index in [0.717, 1.165) is 0 Å². The average molecular weight is 364 g/mol. The summed E-state index contributed by atoms with van der Waals surface area (Å²) in [5.74, 6) is -2.03. The summed E-state index contributed by atoms with van der Waals surface area (Å²) in [5, 5.41) is 21.9. The first-order chi connectivity index (χ1) is 12.0. The van der Waals surface area contributed by atoms with Crippen LogP contribution in [0.5, 0.6) is 0 Å². The maximum absolute atomic E-state index is 12.5. The predicted octanol–water partition coefficient (Wildman–Crippen LogP) is 1.89. The highest BCUT2D eigenvalue weighted by Crippen LogP contribution is 2.59. The second-order valence-corrected chi connectivity index (χ2v) is 8.44. The molecule has 2 saturated carbocycles. The molecule has 0 bridgehead atoms. The molecule has 6 nitrogen and oxygen atoms in total. The number of carbonyl (C=O) groups is 2. The lowest BCUT2D eigenvalue weighted by Crippen LogP contribution is -2.65. The first-order valence-electron chi connectivity index (χ1n) is 9.17. The number of ether oxygens (including phenoxy) is 2. The molecule has 0 radical (unpaired) electrons. The molecule has 0 amide bonds. The lowest BCUT2D eigenvalue weighted by molar-refractivity contribution is -0.234. The molecule has 0 aromatic rings. The lowest BCUT2D eigenvalue weighted by atomic mass is 9.50. The van der Waals surface area contributed by atoms with Gasteiger partial charge in [-0.1, -0.05) is 19.6 Å². The second kappa shape index (κ2) is 6.20. The summed E-state index contributed by atoms with van der Waals surface area (Å²) in [5.41, 5.74) is -1.16. The van der Waals surface area contributed by atoms with Crippen molar-refractivity contribution in [1.29, 1.82) is 0 Å². The van der Waals surface area contributed by atoms with Gasteiger partial charge in [-0.15, -0.1) is 0 Å². The van der Waals surface area contributed by atoms with Crippen molar-refractivity contribution in [2.75, 3.05) is 0 Å². The van der Waals surface area contributed by atoms with Crippen LogP contribution in [0.3, 0.4) is 0 Å². The van der Waals surface area contributed by atoms with Gasteiger partial charge in [0, 0.05) is 22.5 Å². The zero-order valence-corrected chi connectivity index (χ0v) is 15.8. The highest BCUT2D eigenvalue weighted by atomic mass is 16.6. The normalized spacial score (nSPS) is 45.6. The summed E-state index contributed by atoms with van der Waals surface area (Å²) in [6, 6.07) is 0. The molecule has 144 valence electrons. The fourth-order valence-corrected chi connectivity index (χ4v) is 5.17. The summed E-state index contributed by atoms with van der Waals surface area (Å²) in [4.78, 5) is 24.6. The van der Waals surface area contributed by atoms with Crippen LogP contribution in [0.25, 0.3) is 0 Å². The van der Waals surface area contributed by atoms with E-state index in [1.165, 1.54) is 0 Å². The van der Waals surface area contributed by atoms with Crippen LogP contribution in [-0.4, -0.2) is 46.1 Å². The fourth-order valence-electron chi connectivity index (χ4n) is 5.17. The highest BCUT2D eigenvalue weighted by Gasteiger charge is 2.66. The van der Waals surface area contributed by atoms with E-state index in [4.69, 9.17) is 9.47 Å². The second-order valence-electron chi connectivity index (χ2n) is 8.44. The van der Waals surface area contributed by atoms with Crippen molar-refractivity contribution < 1.29 is 29.3 Å². The molecule has 7 atom stereocenters. The number of hydrogen-bond donors (Lipinski definition) is 2. The summed E-state index contributed by atoms with van der Waals surface area (Å²) < 4.78 is 11.3. The fraction of sp³-hybridized carbons (Fsp3) is 0.700. The zero-order valence-electron chi connectivity index (χ0n) is 15.8. The summed E-state index contributed by atoms with van der Waals surface area (Å²) in [6.45, 7) is 10.8. The smallest absolute Gasteiger partial charge is 0.334 e. The summed E-state index contributed by atoms with van der Waals surface area (Å²) in [6.07, 6.45) is 0.922. The molecule has 26 heavy (non-hydrogen) atoms. The molecule has 0 aromatic heterocycles. The lowest BCUT2D eigenvalue weighted by Gasteiger charge is -2.59. The van der Waals surface area contributed by atoms with E-state index < -0.39 is 53.1 Å². The van der Waals surface area contributed by atoms with Crippen LogP contribution in [0.15, 0.2) is 23.8 Å². The van der Waals surface area contributed by atoms with Crippen LogP contribution in [0.1, 0.15) is 47.0 Å². The molecule has 2 unspecified atom stereocenters. The third-order valence-electron chi connectivity index (χ3n) is 6.71. The van der Waals surface area contributed by atoms with Gasteiger partial charge in [-0.2, -0.15) is 0 Å². The van der Waals surface area contributed by atoms with Gasteiger partial charge in [0.25, 0.3) is 0 Å². The largest absolute Gasteiger partial charge is 0.458 e. The van der Waals surface area contributed by atoms with Gasteiger partial charge in [0.1, 0.15) is 12.2 Å².